The quantitative estimate of drug-likeness (QED) is 0.485. The van der Waals surface area contributed by atoms with Crippen molar-refractivity contribution in [2.75, 3.05) is 5.49 Å². The molecule has 0 aliphatic heterocycles. The van der Waals surface area contributed by atoms with Crippen molar-refractivity contribution in [3.63, 3.8) is 0 Å². The van der Waals surface area contributed by atoms with Gasteiger partial charge in [0.05, 0.1) is 16.1 Å². The Balaban J connectivity index is 1.98. The fourth-order valence-electron chi connectivity index (χ4n) is 2.06. The van der Waals surface area contributed by atoms with E-state index in [9.17, 15) is 4.57 Å². The van der Waals surface area contributed by atoms with E-state index in [1.807, 2.05) is 36.4 Å². The second kappa shape index (κ2) is 6.07. The lowest BCUT2D eigenvalue weighted by atomic mass is 10.1. The molecule has 0 amide bonds. The van der Waals surface area contributed by atoms with E-state index in [0.717, 1.165) is 28.4 Å². The number of nitrogens with one attached hydrogen (secondary N) is 1. The lowest BCUT2D eigenvalue weighted by Gasteiger charge is -2.04. The largest absolute Gasteiger partial charge is 0.335 e. The van der Waals surface area contributed by atoms with Gasteiger partial charge in [0.15, 0.2) is 5.16 Å². The van der Waals surface area contributed by atoms with Gasteiger partial charge in [0.1, 0.15) is 5.49 Å². The molecular formula is C14H12ClN2O3PS. The molecule has 0 radical (unpaired) electrons. The van der Waals surface area contributed by atoms with Crippen LogP contribution in [0.15, 0.2) is 47.6 Å². The minimum atomic E-state index is -4.06. The maximum Gasteiger partial charge on any atom is 0.335 e. The van der Waals surface area contributed by atoms with Crippen LogP contribution in [0.3, 0.4) is 0 Å². The zero-order valence-corrected chi connectivity index (χ0v) is 13.7. The lowest BCUT2D eigenvalue weighted by Crippen LogP contribution is -1.83. The number of H-pyrrole nitrogens is 1. The van der Waals surface area contributed by atoms with Crippen molar-refractivity contribution in [3.8, 4) is 11.1 Å². The highest BCUT2D eigenvalue weighted by molar-refractivity contribution is 8.04. The zero-order valence-electron chi connectivity index (χ0n) is 11.2. The first kappa shape index (κ1) is 15.6. The Morgan fingerprint density at radius 2 is 1.95 bits per heavy atom. The van der Waals surface area contributed by atoms with Crippen molar-refractivity contribution in [1.29, 1.82) is 0 Å². The van der Waals surface area contributed by atoms with Gasteiger partial charge in [0, 0.05) is 5.56 Å². The van der Waals surface area contributed by atoms with Gasteiger partial charge in [-0.25, -0.2) is 4.98 Å². The van der Waals surface area contributed by atoms with Crippen LogP contribution < -0.4 is 0 Å². The van der Waals surface area contributed by atoms with Crippen LogP contribution in [-0.2, 0) is 4.57 Å². The Bertz CT molecular complexity index is 863. The summed E-state index contributed by atoms with van der Waals surface area (Å²) < 4.78 is 10.9. The summed E-state index contributed by atoms with van der Waals surface area (Å²) in [5.41, 5.74) is 2.98. The predicted octanol–water partition coefficient (Wildman–Crippen LogP) is 4.11. The number of hydrogen-bond acceptors (Lipinski definition) is 3. The van der Waals surface area contributed by atoms with E-state index in [2.05, 4.69) is 9.97 Å². The van der Waals surface area contributed by atoms with E-state index in [1.54, 1.807) is 6.07 Å². The summed E-state index contributed by atoms with van der Waals surface area (Å²) in [6.07, 6.45) is 0. The minimum Gasteiger partial charge on any atom is -0.333 e. The standard InChI is InChI=1S/C14H12ClN2O3PS/c15-11-7-13-12(6-10(11)9-4-2-1-3-5-9)16-14(17-13)22-8-21(18,19)20/h1-7H,8H2,(H,16,17)(H2,18,19,20). The smallest absolute Gasteiger partial charge is 0.333 e. The van der Waals surface area contributed by atoms with Crippen LogP contribution in [0.1, 0.15) is 0 Å². The number of fused-ring (bicyclic) bond motifs is 1. The van der Waals surface area contributed by atoms with Crippen molar-refractivity contribution in [2.45, 2.75) is 5.16 Å². The SMILES string of the molecule is O=P(O)(O)CSc1nc2cc(-c3ccccc3)c(Cl)cc2[nH]1. The third-order valence-corrected chi connectivity index (χ3v) is 5.64. The number of nitrogens with zero attached hydrogens (tertiary/aromatic N) is 1. The van der Waals surface area contributed by atoms with Gasteiger partial charge in [-0.15, -0.1) is 0 Å². The first-order valence-corrected chi connectivity index (χ1v) is 9.50. The number of thioether (sulfide) groups is 1. The summed E-state index contributed by atoms with van der Waals surface area (Å²) in [6.45, 7) is 0. The van der Waals surface area contributed by atoms with Gasteiger partial charge in [0.2, 0.25) is 0 Å². The topological polar surface area (TPSA) is 86.2 Å². The average molecular weight is 355 g/mol. The number of imidazole rings is 1. The van der Waals surface area contributed by atoms with Crippen LogP contribution in [0, 0.1) is 0 Å². The Morgan fingerprint density at radius 1 is 1.23 bits per heavy atom. The highest BCUT2D eigenvalue weighted by Crippen LogP contribution is 2.41. The number of rotatable bonds is 4. The maximum atomic E-state index is 10.9. The van der Waals surface area contributed by atoms with Gasteiger partial charge in [0.25, 0.3) is 0 Å². The molecule has 22 heavy (non-hydrogen) atoms. The number of benzene rings is 2. The van der Waals surface area contributed by atoms with Crippen molar-refractivity contribution >= 4 is 42.0 Å². The third-order valence-electron chi connectivity index (χ3n) is 3.00. The van der Waals surface area contributed by atoms with E-state index < -0.39 is 7.60 Å². The van der Waals surface area contributed by atoms with Crippen LogP contribution in [0.4, 0.5) is 0 Å². The molecule has 114 valence electrons. The predicted molar refractivity (Wildman–Crippen MR) is 89.3 cm³/mol. The normalized spacial score (nSPS) is 12.0. The summed E-state index contributed by atoms with van der Waals surface area (Å²) in [5.74, 6) is 0. The molecule has 0 aliphatic rings. The van der Waals surface area contributed by atoms with Crippen LogP contribution in [-0.4, -0.2) is 25.2 Å². The molecular weight excluding hydrogens is 343 g/mol. The molecule has 1 heterocycles. The first-order chi connectivity index (χ1) is 10.4. The first-order valence-electron chi connectivity index (χ1n) is 6.34. The molecule has 3 aromatic rings. The number of aromatic amines is 1. The molecule has 0 fully saturated rings. The molecule has 1 aromatic heterocycles. The van der Waals surface area contributed by atoms with Gasteiger partial charge in [-0.1, -0.05) is 53.7 Å². The van der Waals surface area contributed by atoms with Gasteiger partial charge in [-0.3, -0.25) is 4.57 Å². The second-order valence-electron chi connectivity index (χ2n) is 4.70. The molecule has 3 N–H and O–H groups in total. The average Bonchev–Trinajstić information content (AvgIpc) is 2.86. The molecule has 0 unspecified atom stereocenters. The highest BCUT2D eigenvalue weighted by Gasteiger charge is 2.16. The van der Waals surface area contributed by atoms with Gasteiger partial charge in [-0.05, 0) is 17.7 Å². The Morgan fingerprint density at radius 3 is 2.64 bits per heavy atom. The van der Waals surface area contributed by atoms with Crippen molar-refractivity contribution < 1.29 is 14.4 Å². The second-order valence-corrected chi connectivity index (χ2v) is 8.14. The third kappa shape index (κ3) is 3.54. The maximum absolute atomic E-state index is 10.9. The van der Waals surface area contributed by atoms with Gasteiger partial charge < -0.3 is 14.8 Å². The minimum absolute atomic E-state index is 0.313. The summed E-state index contributed by atoms with van der Waals surface area (Å²) in [5, 5.41) is 1.05. The van der Waals surface area contributed by atoms with Crippen LogP contribution >= 0.6 is 31.0 Å². The molecule has 3 rings (SSSR count). The lowest BCUT2D eigenvalue weighted by molar-refractivity contribution is 0.379. The molecule has 5 nitrogen and oxygen atoms in total. The van der Waals surface area contributed by atoms with Crippen LogP contribution in [0.25, 0.3) is 22.2 Å². The van der Waals surface area contributed by atoms with Crippen LogP contribution in [0.5, 0.6) is 0 Å². The molecule has 0 saturated heterocycles. The summed E-state index contributed by atoms with van der Waals surface area (Å²) >= 11 is 7.31. The van der Waals surface area contributed by atoms with E-state index in [-0.39, 0.29) is 5.49 Å². The molecule has 2 aromatic carbocycles. The number of halogens is 1. The van der Waals surface area contributed by atoms with E-state index in [4.69, 9.17) is 21.4 Å². The van der Waals surface area contributed by atoms with Crippen molar-refractivity contribution in [3.05, 3.63) is 47.5 Å². The Kier molecular flexibility index (Phi) is 4.30. The van der Waals surface area contributed by atoms with E-state index in [0.29, 0.717) is 15.7 Å². The Labute approximate surface area is 135 Å². The summed E-state index contributed by atoms with van der Waals surface area (Å²) in [4.78, 5) is 25.2. The van der Waals surface area contributed by atoms with Crippen molar-refractivity contribution in [1.82, 2.24) is 9.97 Å². The van der Waals surface area contributed by atoms with E-state index in [1.165, 1.54) is 0 Å². The molecule has 0 atom stereocenters. The van der Waals surface area contributed by atoms with Crippen molar-refractivity contribution in [2.24, 2.45) is 0 Å². The number of aromatic nitrogens is 2. The van der Waals surface area contributed by atoms with E-state index >= 15 is 0 Å². The molecule has 0 saturated carbocycles. The molecule has 8 heteroatoms. The Hall–Kier alpha value is -1.30. The highest BCUT2D eigenvalue weighted by atomic mass is 35.5. The molecule has 0 spiro atoms. The molecule has 0 bridgehead atoms. The molecule has 0 aliphatic carbocycles. The summed E-state index contributed by atoms with van der Waals surface area (Å²) in [6, 6.07) is 13.4. The van der Waals surface area contributed by atoms with Gasteiger partial charge in [-0.2, -0.15) is 0 Å². The zero-order chi connectivity index (χ0) is 15.7. The number of hydrogen-bond donors (Lipinski definition) is 3. The summed E-state index contributed by atoms with van der Waals surface area (Å²) in [7, 11) is -4.06. The fraction of sp³-hybridized carbons (Fsp3) is 0.0714. The van der Waals surface area contributed by atoms with Crippen LogP contribution in [0.2, 0.25) is 5.02 Å². The fourth-order valence-corrected chi connectivity index (χ4v) is 3.84. The monoisotopic (exact) mass is 354 g/mol. The van der Waals surface area contributed by atoms with Gasteiger partial charge >= 0.3 is 7.60 Å².